The van der Waals surface area contributed by atoms with Crippen molar-refractivity contribution in [1.82, 2.24) is 10.9 Å². The second-order valence-electron chi connectivity index (χ2n) is 5.90. The van der Waals surface area contributed by atoms with Crippen LogP contribution in [0, 0.1) is 0 Å². The van der Waals surface area contributed by atoms with Crippen molar-refractivity contribution >= 4 is 22.6 Å². The Morgan fingerprint density at radius 1 is 0.852 bits per heavy atom. The van der Waals surface area contributed by atoms with Gasteiger partial charge in [0.1, 0.15) is 0 Å². The number of hydrogen-bond donors (Lipinski definition) is 2. The maximum atomic E-state index is 12.7. The Bertz CT molecular complexity index is 994. The summed E-state index contributed by atoms with van der Waals surface area (Å²) in [6, 6.07) is 17.0. The van der Waals surface area contributed by atoms with Crippen molar-refractivity contribution in [3.05, 3.63) is 83.4 Å². The minimum Gasteiger partial charge on any atom is -0.273 e. The monoisotopic (exact) mass is 372 g/mol. The van der Waals surface area contributed by atoms with Crippen LogP contribution in [-0.4, -0.2) is 11.8 Å². The molecular formula is C20H15F3N2O2. The number of nitrogens with one attached hydrogen (secondary N) is 2. The standard InChI is InChI=1S/C20H15F3N2O2/c21-20(22,23)15-8-3-5-13(11-15)12-18(26)24-25-19(27)17-10-4-7-14-6-1-2-9-16(14)17/h1-11H,12H2,(H,24,26)(H,25,27). The van der Waals surface area contributed by atoms with E-state index in [1.807, 2.05) is 18.2 Å². The molecule has 0 saturated carbocycles. The van der Waals surface area contributed by atoms with E-state index in [1.165, 1.54) is 12.1 Å². The van der Waals surface area contributed by atoms with Gasteiger partial charge in [-0.25, -0.2) is 0 Å². The van der Waals surface area contributed by atoms with Crippen molar-refractivity contribution in [2.45, 2.75) is 12.6 Å². The molecule has 2 N–H and O–H groups in total. The van der Waals surface area contributed by atoms with Crippen molar-refractivity contribution in [3.63, 3.8) is 0 Å². The molecule has 0 aliphatic heterocycles. The average Bonchev–Trinajstić information content (AvgIpc) is 2.65. The summed E-state index contributed by atoms with van der Waals surface area (Å²) in [5, 5.41) is 1.60. The molecule has 4 nitrogen and oxygen atoms in total. The molecule has 0 unspecified atom stereocenters. The van der Waals surface area contributed by atoms with E-state index in [1.54, 1.807) is 24.3 Å². The number of rotatable bonds is 3. The van der Waals surface area contributed by atoms with Crippen LogP contribution in [0.4, 0.5) is 13.2 Å². The number of alkyl halides is 3. The Morgan fingerprint density at radius 3 is 2.33 bits per heavy atom. The normalized spacial score (nSPS) is 11.2. The molecule has 0 radical (unpaired) electrons. The predicted octanol–water partition coefficient (Wildman–Crippen LogP) is 3.86. The molecule has 0 atom stereocenters. The summed E-state index contributed by atoms with van der Waals surface area (Å²) in [7, 11) is 0. The third kappa shape index (κ3) is 4.44. The Labute approximate surface area is 153 Å². The van der Waals surface area contributed by atoms with Crippen molar-refractivity contribution in [2.24, 2.45) is 0 Å². The van der Waals surface area contributed by atoms with Gasteiger partial charge in [-0.1, -0.05) is 54.6 Å². The number of hydrazine groups is 1. The van der Waals surface area contributed by atoms with Gasteiger partial charge < -0.3 is 0 Å². The van der Waals surface area contributed by atoms with Crippen molar-refractivity contribution in [1.29, 1.82) is 0 Å². The van der Waals surface area contributed by atoms with Gasteiger partial charge in [0.05, 0.1) is 12.0 Å². The third-order valence-electron chi connectivity index (χ3n) is 3.97. The molecule has 138 valence electrons. The van der Waals surface area contributed by atoms with Gasteiger partial charge in [-0.3, -0.25) is 20.4 Å². The SMILES string of the molecule is O=C(Cc1cccc(C(F)(F)F)c1)NNC(=O)c1cccc2ccccc12. The van der Waals surface area contributed by atoms with Gasteiger partial charge in [0.25, 0.3) is 5.91 Å². The van der Waals surface area contributed by atoms with Gasteiger partial charge >= 0.3 is 6.18 Å². The first kappa shape index (κ1) is 18.4. The highest BCUT2D eigenvalue weighted by molar-refractivity contribution is 6.07. The highest BCUT2D eigenvalue weighted by Crippen LogP contribution is 2.29. The van der Waals surface area contributed by atoms with E-state index in [0.717, 1.165) is 22.9 Å². The lowest BCUT2D eigenvalue weighted by Crippen LogP contribution is -2.42. The summed E-state index contributed by atoms with van der Waals surface area (Å²) >= 11 is 0. The fourth-order valence-corrected chi connectivity index (χ4v) is 2.70. The van der Waals surface area contributed by atoms with E-state index >= 15 is 0 Å². The molecule has 0 aliphatic carbocycles. The van der Waals surface area contributed by atoms with Crippen LogP contribution in [0.5, 0.6) is 0 Å². The third-order valence-corrected chi connectivity index (χ3v) is 3.97. The van der Waals surface area contributed by atoms with Gasteiger partial charge in [-0.05, 0) is 28.5 Å². The Kier molecular flexibility index (Phi) is 5.12. The number of carbonyl (C=O) groups excluding carboxylic acids is 2. The molecule has 3 aromatic rings. The molecule has 0 fully saturated rings. The van der Waals surface area contributed by atoms with Crippen LogP contribution < -0.4 is 10.9 Å². The molecule has 0 bridgehead atoms. The second kappa shape index (κ2) is 7.49. The largest absolute Gasteiger partial charge is 0.416 e. The molecule has 27 heavy (non-hydrogen) atoms. The smallest absolute Gasteiger partial charge is 0.273 e. The first-order valence-corrected chi connectivity index (χ1v) is 8.08. The molecule has 3 aromatic carbocycles. The first-order valence-electron chi connectivity index (χ1n) is 8.08. The van der Waals surface area contributed by atoms with Gasteiger partial charge in [-0.2, -0.15) is 13.2 Å². The van der Waals surface area contributed by atoms with E-state index in [4.69, 9.17) is 0 Å². The summed E-state index contributed by atoms with van der Waals surface area (Å²) in [4.78, 5) is 24.3. The van der Waals surface area contributed by atoms with Crippen LogP contribution in [0.25, 0.3) is 10.8 Å². The lowest BCUT2D eigenvalue weighted by atomic mass is 10.0. The predicted molar refractivity (Wildman–Crippen MR) is 94.7 cm³/mol. The summed E-state index contributed by atoms with van der Waals surface area (Å²) in [6.07, 6.45) is -4.77. The number of hydrogen-bond acceptors (Lipinski definition) is 2. The van der Waals surface area contributed by atoms with Gasteiger partial charge in [-0.15, -0.1) is 0 Å². The highest BCUT2D eigenvalue weighted by Gasteiger charge is 2.30. The van der Waals surface area contributed by atoms with E-state index in [-0.39, 0.29) is 12.0 Å². The lowest BCUT2D eigenvalue weighted by Gasteiger charge is -2.11. The number of amides is 2. The van der Waals surface area contributed by atoms with E-state index in [9.17, 15) is 22.8 Å². The second-order valence-corrected chi connectivity index (χ2v) is 5.90. The quantitative estimate of drug-likeness (QED) is 0.686. The fraction of sp³-hybridized carbons (Fsp3) is 0.100. The fourth-order valence-electron chi connectivity index (χ4n) is 2.70. The number of halogens is 3. The molecule has 0 heterocycles. The Hall–Kier alpha value is -3.35. The molecule has 0 aliphatic rings. The van der Waals surface area contributed by atoms with E-state index in [2.05, 4.69) is 10.9 Å². The minimum absolute atomic E-state index is 0.196. The molecule has 2 amide bonds. The van der Waals surface area contributed by atoms with Crippen LogP contribution in [-0.2, 0) is 17.4 Å². The van der Waals surface area contributed by atoms with Crippen LogP contribution in [0.3, 0.4) is 0 Å². The highest BCUT2D eigenvalue weighted by atomic mass is 19.4. The zero-order valence-electron chi connectivity index (χ0n) is 14.0. The molecule has 0 aromatic heterocycles. The van der Waals surface area contributed by atoms with Gasteiger partial charge in [0, 0.05) is 5.56 Å². The summed E-state index contributed by atoms with van der Waals surface area (Å²) in [6.45, 7) is 0. The average molecular weight is 372 g/mol. The van der Waals surface area contributed by atoms with Crippen LogP contribution in [0.15, 0.2) is 66.7 Å². The van der Waals surface area contributed by atoms with Crippen LogP contribution >= 0.6 is 0 Å². The molecule has 0 saturated heterocycles. The molecule has 0 spiro atoms. The van der Waals surface area contributed by atoms with Gasteiger partial charge in [0.2, 0.25) is 5.91 Å². The van der Waals surface area contributed by atoms with Crippen LogP contribution in [0.1, 0.15) is 21.5 Å². The molecule has 3 rings (SSSR count). The molecular weight excluding hydrogens is 357 g/mol. The van der Waals surface area contributed by atoms with Crippen LogP contribution in [0.2, 0.25) is 0 Å². The lowest BCUT2D eigenvalue weighted by molar-refractivity contribution is -0.137. The van der Waals surface area contributed by atoms with Crippen molar-refractivity contribution in [2.75, 3.05) is 0 Å². The maximum absolute atomic E-state index is 12.7. The van der Waals surface area contributed by atoms with E-state index in [0.29, 0.717) is 5.56 Å². The topological polar surface area (TPSA) is 58.2 Å². The number of fused-ring (bicyclic) bond motifs is 1. The minimum atomic E-state index is -4.48. The summed E-state index contributed by atoms with van der Waals surface area (Å²) < 4.78 is 38.2. The Morgan fingerprint density at radius 2 is 1.56 bits per heavy atom. The zero-order chi connectivity index (χ0) is 19.4. The maximum Gasteiger partial charge on any atom is 0.416 e. The Balaban J connectivity index is 1.65. The number of carbonyl (C=O) groups is 2. The molecule has 7 heteroatoms. The first-order chi connectivity index (χ1) is 12.8. The van der Waals surface area contributed by atoms with Gasteiger partial charge in [0.15, 0.2) is 0 Å². The van der Waals surface area contributed by atoms with Crippen molar-refractivity contribution in [3.8, 4) is 0 Å². The van der Waals surface area contributed by atoms with E-state index < -0.39 is 23.6 Å². The zero-order valence-corrected chi connectivity index (χ0v) is 14.0. The summed E-state index contributed by atoms with van der Waals surface area (Å²) in [5.74, 6) is -1.13. The van der Waals surface area contributed by atoms with Crippen molar-refractivity contribution < 1.29 is 22.8 Å². The summed E-state index contributed by atoms with van der Waals surface area (Å²) in [5.41, 5.74) is 4.28. The number of benzene rings is 3.